The van der Waals surface area contributed by atoms with Gasteiger partial charge in [0.15, 0.2) is 5.78 Å². The fourth-order valence-corrected chi connectivity index (χ4v) is 2.95. The van der Waals surface area contributed by atoms with Gasteiger partial charge in [-0.05, 0) is 18.2 Å². The Bertz CT molecular complexity index is 540. The Morgan fingerprint density at radius 3 is 2.68 bits per heavy atom. The zero-order chi connectivity index (χ0) is 14.2. The third-order valence-corrected chi connectivity index (χ3v) is 3.92. The van der Waals surface area contributed by atoms with Crippen LogP contribution >= 0.6 is 11.8 Å². The quantitative estimate of drug-likeness (QED) is 0.786. The minimum Gasteiger partial charge on any atom is -0.497 e. The number of hydrogen-bond donors (Lipinski definition) is 0. The topological polar surface area (TPSA) is 43.4 Å². The Morgan fingerprint density at radius 1 is 1.42 bits per heavy atom. The molecule has 2 rings (SSSR count). The number of fused-ring (bicyclic) bond motifs is 1. The smallest absolute Gasteiger partial charge is 0.450 e. The summed E-state index contributed by atoms with van der Waals surface area (Å²) in [5.41, 5.74) is 0.139. The lowest BCUT2D eigenvalue weighted by molar-refractivity contribution is -0.173. The van der Waals surface area contributed by atoms with Crippen LogP contribution in [0.15, 0.2) is 23.1 Å². The van der Waals surface area contributed by atoms with Gasteiger partial charge in [-0.15, -0.1) is 11.8 Å². The van der Waals surface area contributed by atoms with Crippen LogP contribution in [0.3, 0.4) is 0 Å². The summed E-state index contributed by atoms with van der Waals surface area (Å²) < 4.78 is 42.1. The van der Waals surface area contributed by atoms with Crippen molar-refractivity contribution >= 4 is 23.3 Å². The van der Waals surface area contributed by atoms with Gasteiger partial charge in [-0.2, -0.15) is 13.2 Å². The number of thioether (sulfide) groups is 1. The first kappa shape index (κ1) is 13.9. The minimum absolute atomic E-state index is 0.139. The Morgan fingerprint density at radius 2 is 2.11 bits per heavy atom. The fraction of sp³-hybridized carbons (Fsp3) is 0.333. The highest BCUT2D eigenvalue weighted by Gasteiger charge is 2.47. The molecule has 102 valence electrons. The number of rotatable bonds is 2. The molecule has 0 fully saturated rings. The molecule has 7 heteroatoms. The Hall–Kier alpha value is -1.50. The van der Waals surface area contributed by atoms with E-state index in [2.05, 4.69) is 0 Å². The zero-order valence-electron chi connectivity index (χ0n) is 9.78. The Kier molecular flexibility index (Phi) is 3.58. The zero-order valence-corrected chi connectivity index (χ0v) is 10.6. The highest BCUT2D eigenvalue weighted by atomic mass is 32.2. The number of carbonyl (C=O) groups is 2. The lowest BCUT2D eigenvalue weighted by Crippen LogP contribution is -2.38. The number of benzene rings is 1. The molecule has 0 spiro atoms. The van der Waals surface area contributed by atoms with Crippen molar-refractivity contribution in [1.29, 1.82) is 0 Å². The molecule has 19 heavy (non-hydrogen) atoms. The predicted octanol–water partition coefficient (Wildman–Crippen LogP) is 2.73. The molecular formula is C12H9F3O3S. The summed E-state index contributed by atoms with van der Waals surface area (Å²) in [7, 11) is 1.45. The standard InChI is InChI=1S/C12H9F3O3S/c1-18-6-2-3-7-9(4-6)19-5-8(10(7)16)11(17)12(13,14)15/h2-4,8H,5H2,1H3. The summed E-state index contributed by atoms with van der Waals surface area (Å²) in [5, 5.41) is 0. The molecular weight excluding hydrogens is 281 g/mol. The van der Waals surface area contributed by atoms with Gasteiger partial charge in [-0.1, -0.05) is 0 Å². The van der Waals surface area contributed by atoms with E-state index >= 15 is 0 Å². The van der Waals surface area contributed by atoms with Crippen molar-refractivity contribution in [1.82, 2.24) is 0 Å². The van der Waals surface area contributed by atoms with Crippen molar-refractivity contribution in [2.24, 2.45) is 5.92 Å². The van der Waals surface area contributed by atoms with Crippen LogP contribution in [0.5, 0.6) is 5.75 Å². The molecule has 0 N–H and O–H groups in total. The SMILES string of the molecule is COc1ccc2c(c1)SCC(C(=O)C(F)(F)F)C2=O. The normalized spacial score (nSPS) is 18.9. The summed E-state index contributed by atoms with van der Waals surface area (Å²) >= 11 is 1.05. The number of carbonyl (C=O) groups excluding carboxylic acids is 2. The van der Waals surface area contributed by atoms with Crippen LogP contribution < -0.4 is 4.74 Å². The third-order valence-electron chi connectivity index (χ3n) is 2.77. The second kappa shape index (κ2) is 4.88. The predicted molar refractivity (Wildman–Crippen MR) is 62.6 cm³/mol. The molecule has 0 saturated heterocycles. The van der Waals surface area contributed by atoms with Crippen molar-refractivity contribution < 1.29 is 27.5 Å². The molecule has 0 saturated carbocycles. The van der Waals surface area contributed by atoms with Crippen LogP contribution in [0.4, 0.5) is 13.2 Å². The van der Waals surface area contributed by atoms with E-state index in [1.807, 2.05) is 0 Å². The second-order valence-corrected chi connectivity index (χ2v) is 5.01. The van der Waals surface area contributed by atoms with Crippen LogP contribution in [0.25, 0.3) is 0 Å². The molecule has 1 atom stereocenters. The molecule has 0 aromatic heterocycles. The van der Waals surface area contributed by atoms with E-state index in [1.54, 1.807) is 6.07 Å². The largest absolute Gasteiger partial charge is 0.497 e. The monoisotopic (exact) mass is 290 g/mol. The molecule has 3 nitrogen and oxygen atoms in total. The van der Waals surface area contributed by atoms with E-state index in [0.29, 0.717) is 10.6 Å². The lowest BCUT2D eigenvalue weighted by atomic mass is 9.94. The number of hydrogen-bond acceptors (Lipinski definition) is 4. The van der Waals surface area contributed by atoms with Gasteiger partial charge in [-0.25, -0.2) is 0 Å². The first-order valence-corrected chi connectivity index (χ1v) is 6.29. The molecule has 0 radical (unpaired) electrons. The molecule has 1 heterocycles. The van der Waals surface area contributed by atoms with Crippen molar-refractivity contribution in [3.63, 3.8) is 0 Å². The Balaban J connectivity index is 2.33. The van der Waals surface area contributed by atoms with Gasteiger partial charge in [0.05, 0.1) is 13.0 Å². The van der Waals surface area contributed by atoms with E-state index in [-0.39, 0.29) is 11.3 Å². The molecule has 1 aromatic rings. The number of methoxy groups -OCH3 is 1. The van der Waals surface area contributed by atoms with Gasteiger partial charge >= 0.3 is 6.18 Å². The number of Topliss-reactive ketones (excluding diaryl/α,β-unsaturated/α-hetero) is 2. The summed E-state index contributed by atoms with van der Waals surface area (Å²) in [6, 6.07) is 4.45. The maximum absolute atomic E-state index is 12.4. The van der Waals surface area contributed by atoms with Gasteiger partial charge in [-0.3, -0.25) is 9.59 Å². The maximum Gasteiger partial charge on any atom is 0.450 e. The molecule has 1 aliphatic rings. The van der Waals surface area contributed by atoms with Gasteiger partial charge in [0, 0.05) is 16.2 Å². The average molecular weight is 290 g/mol. The molecule has 0 aliphatic carbocycles. The van der Waals surface area contributed by atoms with Gasteiger partial charge in [0.1, 0.15) is 5.75 Å². The van der Waals surface area contributed by atoms with E-state index in [1.165, 1.54) is 19.2 Å². The Labute approximate surface area is 111 Å². The summed E-state index contributed by atoms with van der Waals surface area (Å²) in [6.07, 6.45) is -4.98. The van der Waals surface area contributed by atoms with Crippen molar-refractivity contribution in [3.8, 4) is 5.75 Å². The highest BCUT2D eigenvalue weighted by molar-refractivity contribution is 7.99. The minimum atomic E-state index is -4.98. The van der Waals surface area contributed by atoms with E-state index < -0.39 is 23.7 Å². The van der Waals surface area contributed by atoms with Crippen LogP contribution in [-0.2, 0) is 4.79 Å². The number of halogens is 3. The molecule has 1 aliphatic heterocycles. The summed E-state index contributed by atoms with van der Waals surface area (Å²) in [5.74, 6) is -4.09. The van der Waals surface area contributed by atoms with Crippen molar-refractivity contribution in [2.45, 2.75) is 11.1 Å². The van der Waals surface area contributed by atoms with Crippen LogP contribution in [-0.4, -0.2) is 30.6 Å². The van der Waals surface area contributed by atoms with Crippen LogP contribution in [0.1, 0.15) is 10.4 Å². The van der Waals surface area contributed by atoms with Gasteiger partial charge in [0.2, 0.25) is 5.78 Å². The van der Waals surface area contributed by atoms with E-state index in [9.17, 15) is 22.8 Å². The number of alkyl halides is 3. The number of ether oxygens (including phenoxy) is 1. The van der Waals surface area contributed by atoms with Gasteiger partial charge < -0.3 is 4.74 Å². The highest BCUT2D eigenvalue weighted by Crippen LogP contribution is 2.37. The first-order valence-electron chi connectivity index (χ1n) is 5.30. The average Bonchev–Trinajstić information content (AvgIpc) is 2.37. The first-order chi connectivity index (χ1) is 8.84. The molecule has 0 bridgehead atoms. The van der Waals surface area contributed by atoms with Crippen molar-refractivity contribution in [3.05, 3.63) is 23.8 Å². The molecule has 1 aromatic carbocycles. The lowest BCUT2D eigenvalue weighted by Gasteiger charge is -2.22. The van der Waals surface area contributed by atoms with Gasteiger partial charge in [0.25, 0.3) is 0 Å². The van der Waals surface area contributed by atoms with E-state index in [4.69, 9.17) is 4.74 Å². The molecule has 0 amide bonds. The molecule has 1 unspecified atom stereocenters. The number of ketones is 2. The maximum atomic E-state index is 12.4. The third kappa shape index (κ3) is 2.60. The van der Waals surface area contributed by atoms with Crippen LogP contribution in [0.2, 0.25) is 0 Å². The summed E-state index contributed by atoms with van der Waals surface area (Å²) in [4.78, 5) is 23.6. The summed E-state index contributed by atoms with van der Waals surface area (Å²) in [6.45, 7) is 0. The van der Waals surface area contributed by atoms with Crippen molar-refractivity contribution in [2.75, 3.05) is 12.9 Å². The fourth-order valence-electron chi connectivity index (χ4n) is 1.78. The second-order valence-electron chi connectivity index (χ2n) is 3.95. The van der Waals surface area contributed by atoms with Crippen LogP contribution in [0, 0.1) is 5.92 Å². The van der Waals surface area contributed by atoms with E-state index in [0.717, 1.165) is 11.8 Å².